The van der Waals surface area contributed by atoms with Crippen molar-refractivity contribution < 1.29 is 17.7 Å². The standard InChI is InChI=1S/C36H71NO3/c1-3-5-7-9-11-13-15-17-18-20-22-24-26-28-30-32-36(40)37-34(33-38)35(39)31-29-27-25-23-21-19-16-14-12-10-8-6-4-2/h29,31,34-35,38-39H,3-28,30,32-33H2,1-2H3,(H,37,40)/b31-29+/t34-,35+/m0/s1/i33+1D2,34+1. The first kappa shape index (κ1) is 35.3. The maximum absolute atomic E-state index is 12.4. The van der Waals surface area contributed by atoms with Crippen LogP contribution in [0.1, 0.15) is 196 Å². The van der Waals surface area contributed by atoms with E-state index in [1.807, 2.05) is 6.08 Å². The van der Waals surface area contributed by atoms with Crippen LogP contribution in [0, 0.1) is 0 Å². The molecule has 0 rings (SSSR count). The fourth-order valence-electron chi connectivity index (χ4n) is 5.37. The fraction of sp³-hybridized carbons (Fsp3) is 0.917. The summed E-state index contributed by atoms with van der Waals surface area (Å²) in [6.45, 7) is 1.82. The summed E-state index contributed by atoms with van der Waals surface area (Å²) in [6.07, 6.45) is 36.2. The molecule has 1 amide bonds. The van der Waals surface area contributed by atoms with Crippen LogP contribution in [0.25, 0.3) is 0 Å². The van der Waals surface area contributed by atoms with Gasteiger partial charge >= 0.3 is 0 Å². The predicted molar refractivity (Wildman–Crippen MR) is 175 cm³/mol. The maximum Gasteiger partial charge on any atom is 0.220 e. The largest absolute Gasteiger partial charge is 0.394 e. The molecular weight excluding hydrogens is 496 g/mol. The fourth-order valence-corrected chi connectivity index (χ4v) is 5.37. The average Bonchev–Trinajstić information content (AvgIpc) is 2.95. The Bertz CT molecular complexity index is 609. The second-order valence-corrected chi connectivity index (χ2v) is 12.1. The molecule has 4 nitrogen and oxygen atoms in total. The van der Waals surface area contributed by atoms with Crippen LogP contribution >= 0.6 is 0 Å². The smallest absolute Gasteiger partial charge is 0.220 e. The summed E-state index contributed by atoms with van der Waals surface area (Å²) in [5.74, 6) is -0.314. The number of nitrogens with one attached hydrogen (secondary N) is 1. The topological polar surface area (TPSA) is 69.6 Å². The summed E-state index contributed by atoms with van der Waals surface area (Å²) in [5.41, 5.74) is 0. The molecule has 0 aliphatic carbocycles. The number of unbranched alkanes of at least 4 members (excludes halogenated alkanes) is 25. The second kappa shape index (κ2) is 32.6. The van der Waals surface area contributed by atoms with Crippen molar-refractivity contribution in [2.75, 3.05) is 6.56 Å². The van der Waals surface area contributed by atoms with Gasteiger partial charge < -0.3 is 15.5 Å². The van der Waals surface area contributed by atoms with E-state index < -0.39 is 18.7 Å². The summed E-state index contributed by atoms with van der Waals surface area (Å²) in [7, 11) is 0. The van der Waals surface area contributed by atoms with E-state index in [0.717, 1.165) is 38.5 Å². The third-order valence-electron chi connectivity index (χ3n) is 8.11. The van der Waals surface area contributed by atoms with Gasteiger partial charge in [-0.3, -0.25) is 4.79 Å². The van der Waals surface area contributed by atoms with Gasteiger partial charge in [0.15, 0.2) is 0 Å². The molecule has 2 atom stereocenters. The minimum atomic E-state index is -2.69. The molecule has 0 aliphatic rings. The van der Waals surface area contributed by atoms with Crippen molar-refractivity contribution in [1.29, 1.82) is 0 Å². The van der Waals surface area contributed by atoms with Gasteiger partial charge in [0.25, 0.3) is 0 Å². The lowest BCUT2D eigenvalue weighted by atomic mass is 10.0. The zero-order valence-electron chi connectivity index (χ0n) is 28.9. The number of allylic oxidation sites excluding steroid dienone is 1. The van der Waals surface area contributed by atoms with E-state index in [1.165, 1.54) is 141 Å². The summed E-state index contributed by atoms with van der Waals surface area (Å²) in [5, 5.41) is 22.9. The van der Waals surface area contributed by atoms with Crippen LogP contribution in [0.2, 0.25) is 0 Å². The van der Waals surface area contributed by atoms with E-state index in [2.05, 4.69) is 19.2 Å². The number of rotatable bonds is 32. The maximum atomic E-state index is 12.4. The van der Waals surface area contributed by atoms with Gasteiger partial charge in [-0.15, -0.1) is 0 Å². The Hall–Kier alpha value is -0.870. The summed E-state index contributed by atoms with van der Waals surface area (Å²) < 4.78 is 15.4. The van der Waals surface area contributed by atoms with Gasteiger partial charge in [-0.05, 0) is 19.3 Å². The van der Waals surface area contributed by atoms with Gasteiger partial charge in [0, 0.05) is 6.42 Å². The molecule has 0 aromatic rings. The highest BCUT2D eigenvalue weighted by molar-refractivity contribution is 5.76. The Morgan fingerprint density at radius 3 is 1.35 bits per heavy atom. The lowest BCUT2D eigenvalue weighted by Gasteiger charge is -2.20. The van der Waals surface area contributed by atoms with Crippen molar-refractivity contribution >= 4 is 5.91 Å². The van der Waals surface area contributed by atoms with Crippen molar-refractivity contribution in [1.82, 2.24) is 5.32 Å². The lowest BCUT2D eigenvalue weighted by molar-refractivity contribution is -0.123. The molecule has 0 radical (unpaired) electrons. The molecule has 40 heavy (non-hydrogen) atoms. The number of hydrogen-bond acceptors (Lipinski definition) is 3. The van der Waals surface area contributed by atoms with Crippen LogP contribution in [-0.2, 0) is 4.79 Å². The Kier molecular flexibility index (Phi) is 28.8. The number of carbonyl (C=O) groups is 1. The second-order valence-electron chi connectivity index (χ2n) is 12.1. The number of hydrogen-bond donors (Lipinski definition) is 3. The van der Waals surface area contributed by atoms with Gasteiger partial charge in [0.1, 0.15) is 0 Å². The molecule has 0 heterocycles. The van der Waals surface area contributed by atoms with Crippen molar-refractivity contribution in [2.45, 2.75) is 206 Å². The Balaban J connectivity index is 3.86. The third-order valence-corrected chi connectivity index (χ3v) is 8.11. The predicted octanol–water partition coefficient (Wildman–Crippen LogP) is 10.3. The van der Waals surface area contributed by atoms with E-state index in [-0.39, 0.29) is 5.91 Å². The third kappa shape index (κ3) is 28.7. The molecule has 0 fully saturated rings. The quantitative estimate of drug-likeness (QED) is 0.0429. The van der Waals surface area contributed by atoms with Crippen LogP contribution in [0.5, 0.6) is 0 Å². The molecule has 0 aliphatic heterocycles. The van der Waals surface area contributed by atoms with E-state index >= 15 is 0 Å². The molecular formula is C36H71NO3. The summed E-state index contributed by atoms with van der Waals surface area (Å²) >= 11 is 0. The normalized spacial score (nSPS) is 14.3. The van der Waals surface area contributed by atoms with Crippen LogP contribution in [0.3, 0.4) is 0 Å². The molecule has 0 spiro atoms. The van der Waals surface area contributed by atoms with Crippen molar-refractivity contribution in [2.24, 2.45) is 0 Å². The Labute approximate surface area is 253 Å². The molecule has 238 valence electrons. The molecule has 3 N–H and O–H groups in total. The minimum absolute atomic E-state index is 0.292. The molecule has 4 heteroatoms. The minimum Gasteiger partial charge on any atom is -0.394 e. The summed E-state index contributed by atoms with van der Waals surface area (Å²) in [4.78, 5) is 12.4. The van der Waals surface area contributed by atoms with Gasteiger partial charge in [-0.2, -0.15) is 0 Å². The Morgan fingerprint density at radius 1 is 0.625 bits per heavy atom. The molecule has 0 bridgehead atoms. The first-order chi connectivity index (χ1) is 20.3. The SMILES string of the molecule is [2H][13C]([2H])(O)[13C@H](NC(=O)CCCCCCCCCCCCCCCCC)[C@H](O)/C=C/CCCCCCCCCCCCC. The monoisotopic (exact) mass is 570 g/mol. The van der Waals surface area contributed by atoms with E-state index in [4.69, 9.17) is 2.74 Å². The molecule has 0 aromatic heterocycles. The molecule has 0 saturated carbocycles. The Morgan fingerprint density at radius 2 is 0.975 bits per heavy atom. The highest BCUT2D eigenvalue weighted by Crippen LogP contribution is 2.14. The van der Waals surface area contributed by atoms with E-state index in [9.17, 15) is 15.0 Å². The van der Waals surface area contributed by atoms with Gasteiger partial charge in [0.05, 0.1) is 21.4 Å². The van der Waals surface area contributed by atoms with Crippen molar-refractivity contribution in [3.05, 3.63) is 12.2 Å². The molecule has 0 aromatic carbocycles. The number of aliphatic hydroxyl groups excluding tert-OH is 1. The highest BCUT2D eigenvalue weighted by Gasteiger charge is 2.17. The molecule has 0 saturated heterocycles. The zero-order chi connectivity index (χ0) is 31.2. The van der Waals surface area contributed by atoms with E-state index in [0.29, 0.717) is 6.42 Å². The van der Waals surface area contributed by atoms with Crippen LogP contribution in [-0.4, -0.2) is 34.8 Å². The van der Waals surface area contributed by atoms with Gasteiger partial charge in [-0.25, -0.2) is 0 Å². The van der Waals surface area contributed by atoms with Gasteiger partial charge in [0.2, 0.25) is 5.91 Å². The molecule has 0 unspecified atom stereocenters. The van der Waals surface area contributed by atoms with Crippen molar-refractivity contribution in [3.8, 4) is 0 Å². The lowest BCUT2D eigenvalue weighted by Crippen LogP contribution is -2.45. The average molecular weight is 570 g/mol. The van der Waals surface area contributed by atoms with Crippen LogP contribution in [0.15, 0.2) is 12.2 Å². The van der Waals surface area contributed by atoms with Crippen LogP contribution in [0.4, 0.5) is 0 Å². The first-order valence-corrected chi connectivity index (χ1v) is 17.7. The number of carbonyl (C=O) groups excluding carboxylic acids is 1. The van der Waals surface area contributed by atoms with Crippen LogP contribution < -0.4 is 5.32 Å². The number of aliphatic hydroxyl groups is 2. The zero-order valence-corrected chi connectivity index (χ0v) is 26.9. The van der Waals surface area contributed by atoms with Gasteiger partial charge in [-0.1, -0.05) is 180 Å². The highest BCUT2D eigenvalue weighted by atomic mass is 16.4. The van der Waals surface area contributed by atoms with Crippen molar-refractivity contribution in [3.63, 3.8) is 0 Å². The van der Waals surface area contributed by atoms with E-state index in [1.54, 1.807) is 0 Å². The number of amides is 1. The summed E-state index contributed by atoms with van der Waals surface area (Å²) in [6, 6.07) is -1.37. The first-order valence-electron chi connectivity index (χ1n) is 18.7.